The van der Waals surface area contributed by atoms with Crippen molar-refractivity contribution < 1.29 is 14.3 Å². The molecule has 1 rings (SSSR count). The van der Waals surface area contributed by atoms with Crippen molar-refractivity contribution in [1.82, 2.24) is 0 Å². The largest absolute Gasteiger partial charge is 0.349 e. The fourth-order valence-electron chi connectivity index (χ4n) is 1.34. The molecular weight excluding hydrogens is 192 g/mol. The number of Topliss-reactive ketones (excluding diaryl/α,β-unsaturated/α-hetero) is 1. The van der Waals surface area contributed by atoms with Gasteiger partial charge in [-0.15, -0.1) is 0 Å². The van der Waals surface area contributed by atoms with Crippen LogP contribution in [0.1, 0.15) is 29.8 Å². The molecule has 0 saturated heterocycles. The molecular formula is C12H16O3. The summed E-state index contributed by atoms with van der Waals surface area (Å²) < 4.78 is 10.5. The molecule has 0 fully saturated rings. The molecule has 0 radical (unpaired) electrons. The van der Waals surface area contributed by atoms with Crippen molar-refractivity contribution in [3.8, 4) is 0 Å². The van der Waals surface area contributed by atoms with Gasteiger partial charge in [0, 0.05) is 25.3 Å². The molecule has 3 nitrogen and oxygen atoms in total. The van der Waals surface area contributed by atoms with Crippen LogP contribution in [0.2, 0.25) is 0 Å². The van der Waals surface area contributed by atoms with E-state index in [4.69, 9.17) is 9.47 Å². The molecule has 1 aromatic rings. The van der Waals surface area contributed by atoms with Crippen molar-refractivity contribution >= 4 is 5.78 Å². The van der Waals surface area contributed by atoms with Gasteiger partial charge in [0.05, 0.1) is 0 Å². The van der Waals surface area contributed by atoms with Crippen molar-refractivity contribution in [1.29, 1.82) is 0 Å². The molecule has 0 spiro atoms. The fraction of sp³-hybridized carbons (Fsp3) is 0.417. The van der Waals surface area contributed by atoms with Gasteiger partial charge in [0.2, 0.25) is 0 Å². The molecule has 0 aliphatic carbocycles. The molecule has 0 unspecified atom stereocenters. The summed E-state index contributed by atoms with van der Waals surface area (Å²) in [6.45, 7) is 3.35. The minimum Gasteiger partial charge on any atom is -0.349 e. The molecule has 0 N–H and O–H groups in total. The first-order chi connectivity index (χ1) is 7.03. The van der Waals surface area contributed by atoms with Gasteiger partial charge in [-0.1, -0.05) is 18.2 Å². The third kappa shape index (κ3) is 2.43. The molecule has 0 bridgehead atoms. The van der Waals surface area contributed by atoms with Gasteiger partial charge in [-0.3, -0.25) is 4.79 Å². The number of benzene rings is 1. The highest BCUT2D eigenvalue weighted by molar-refractivity contribution is 5.94. The van der Waals surface area contributed by atoms with E-state index in [1.807, 2.05) is 19.1 Å². The average molecular weight is 208 g/mol. The lowest BCUT2D eigenvalue weighted by atomic mass is 10.0. The first-order valence-corrected chi connectivity index (χ1v) is 4.75. The Kier molecular flexibility index (Phi) is 3.61. The van der Waals surface area contributed by atoms with Gasteiger partial charge in [0.1, 0.15) is 0 Å². The van der Waals surface area contributed by atoms with E-state index >= 15 is 0 Å². The van der Waals surface area contributed by atoms with Crippen LogP contribution >= 0.6 is 0 Å². The van der Waals surface area contributed by atoms with Crippen LogP contribution in [0.15, 0.2) is 24.3 Å². The standard InChI is InChI=1S/C12H16O3/c1-9(13)10-6-5-7-11(8-10)12(2,14-3)15-4/h5-8H,1-4H3. The molecule has 0 aliphatic rings. The van der Waals surface area contributed by atoms with Crippen molar-refractivity contribution in [3.63, 3.8) is 0 Å². The minimum atomic E-state index is -0.800. The lowest BCUT2D eigenvalue weighted by molar-refractivity contribution is -0.201. The van der Waals surface area contributed by atoms with Crippen LogP contribution < -0.4 is 0 Å². The molecule has 0 saturated carbocycles. The Morgan fingerprint density at radius 1 is 1.27 bits per heavy atom. The first kappa shape index (κ1) is 11.9. The van der Waals surface area contributed by atoms with Crippen LogP contribution in [0.3, 0.4) is 0 Å². The topological polar surface area (TPSA) is 35.5 Å². The second-order valence-corrected chi connectivity index (χ2v) is 3.49. The summed E-state index contributed by atoms with van der Waals surface area (Å²) in [7, 11) is 3.15. The SMILES string of the molecule is COC(C)(OC)c1cccc(C(C)=O)c1. The monoisotopic (exact) mass is 208 g/mol. The Bertz CT molecular complexity index is 354. The van der Waals surface area contributed by atoms with Crippen LogP contribution in [-0.4, -0.2) is 20.0 Å². The van der Waals surface area contributed by atoms with Crippen LogP contribution in [0.4, 0.5) is 0 Å². The Hall–Kier alpha value is -1.19. The second kappa shape index (κ2) is 4.55. The summed E-state index contributed by atoms with van der Waals surface area (Å²) in [6, 6.07) is 7.26. The molecule has 15 heavy (non-hydrogen) atoms. The van der Waals surface area contributed by atoms with E-state index in [9.17, 15) is 4.79 Å². The van der Waals surface area contributed by atoms with Crippen molar-refractivity contribution in [3.05, 3.63) is 35.4 Å². The number of ether oxygens (including phenoxy) is 2. The van der Waals surface area contributed by atoms with E-state index in [-0.39, 0.29) is 5.78 Å². The maximum atomic E-state index is 11.2. The van der Waals surface area contributed by atoms with Gasteiger partial charge in [-0.25, -0.2) is 0 Å². The lowest BCUT2D eigenvalue weighted by Crippen LogP contribution is -2.26. The number of ketones is 1. The second-order valence-electron chi connectivity index (χ2n) is 3.49. The predicted molar refractivity (Wildman–Crippen MR) is 57.8 cm³/mol. The zero-order valence-electron chi connectivity index (χ0n) is 9.53. The van der Waals surface area contributed by atoms with E-state index in [0.29, 0.717) is 5.56 Å². The molecule has 3 heteroatoms. The number of hydrogen-bond acceptors (Lipinski definition) is 3. The normalized spacial score (nSPS) is 11.5. The van der Waals surface area contributed by atoms with Crippen LogP contribution in [0, 0.1) is 0 Å². The molecule has 0 aromatic heterocycles. The van der Waals surface area contributed by atoms with E-state index in [1.54, 1.807) is 26.4 Å². The molecule has 82 valence electrons. The average Bonchev–Trinajstić information content (AvgIpc) is 2.28. The van der Waals surface area contributed by atoms with E-state index in [1.165, 1.54) is 6.92 Å². The van der Waals surface area contributed by atoms with Gasteiger partial charge in [-0.05, 0) is 19.9 Å². The Balaban J connectivity index is 3.14. The lowest BCUT2D eigenvalue weighted by Gasteiger charge is -2.27. The summed E-state index contributed by atoms with van der Waals surface area (Å²) in [5.74, 6) is -0.766. The summed E-state index contributed by atoms with van der Waals surface area (Å²) in [4.78, 5) is 11.2. The summed E-state index contributed by atoms with van der Waals surface area (Å²) in [5, 5.41) is 0. The zero-order chi connectivity index (χ0) is 11.5. The zero-order valence-corrected chi connectivity index (χ0v) is 9.53. The van der Waals surface area contributed by atoms with Gasteiger partial charge in [-0.2, -0.15) is 0 Å². The summed E-state index contributed by atoms with van der Waals surface area (Å²) in [5.41, 5.74) is 1.49. The Morgan fingerprint density at radius 3 is 2.33 bits per heavy atom. The molecule has 0 heterocycles. The van der Waals surface area contributed by atoms with Gasteiger partial charge < -0.3 is 9.47 Å². The molecule has 0 amide bonds. The van der Waals surface area contributed by atoms with Crippen LogP contribution in [0.25, 0.3) is 0 Å². The van der Waals surface area contributed by atoms with Crippen molar-refractivity contribution in [2.24, 2.45) is 0 Å². The number of hydrogen-bond donors (Lipinski definition) is 0. The van der Waals surface area contributed by atoms with Gasteiger partial charge in [0.25, 0.3) is 0 Å². The third-order valence-electron chi connectivity index (χ3n) is 2.57. The fourth-order valence-corrected chi connectivity index (χ4v) is 1.34. The minimum absolute atomic E-state index is 0.0337. The van der Waals surface area contributed by atoms with Crippen LogP contribution in [-0.2, 0) is 15.3 Å². The quantitative estimate of drug-likeness (QED) is 0.563. The number of carbonyl (C=O) groups excluding carboxylic acids is 1. The van der Waals surface area contributed by atoms with Crippen molar-refractivity contribution in [2.75, 3.05) is 14.2 Å². The van der Waals surface area contributed by atoms with E-state index < -0.39 is 5.79 Å². The number of carbonyl (C=O) groups is 1. The van der Waals surface area contributed by atoms with Crippen LogP contribution in [0.5, 0.6) is 0 Å². The molecule has 0 aliphatic heterocycles. The molecule has 0 atom stereocenters. The van der Waals surface area contributed by atoms with E-state index in [0.717, 1.165) is 5.56 Å². The van der Waals surface area contributed by atoms with Crippen molar-refractivity contribution in [2.45, 2.75) is 19.6 Å². The predicted octanol–water partition coefficient (Wildman–Crippen LogP) is 2.35. The van der Waals surface area contributed by atoms with Gasteiger partial charge >= 0.3 is 0 Å². The molecule has 1 aromatic carbocycles. The first-order valence-electron chi connectivity index (χ1n) is 4.75. The maximum absolute atomic E-state index is 11.2. The maximum Gasteiger partial charge on any atom is 0.191 e. The number of methoxy groups -OCH3 is 2. The summed E-state index contributed by atoms with van der Waals surface area (Å²) >= 11 is 0. The highest BCUT2D eigenvalue weighted by Gasteiger charge is 2.25. The Morgan fingerprint density at radius 2 is 1.87 bits per heavy atom. The Labute approximate surface area is 90.0 Å². The smallest absolute Gasteiger partial charge is 0.191 e. The number of rotatable bonds is 4. The highest BCUT2D eigenvalue weighted by Crippen LogP contribution is 2.25. The highest BCUT2D eigenvalue weighted by atomic mass is 16.7. The van der Waals surface area contributed by atoms with E-state index in [2.05, 4.69) is 0 Å². The van der Waals surface area contributed by atoms with Gasteiger partial charge in [0.15, 0.2) is 11.6 Å². The third-order valence-corrected chi connectivity index (χ3v) is 2.57. The summed E-state index contributed by atoms with van der Waals surface area (Å²) in [6.07, 6.45) is 0.